The van der Waals surface area contributed by atoms with E-state index in [0.717, 1.165) is 28.6 Å². The fraction of sp³-hybridized carbons (Fsp3) is 0.391. The molecular weight excluding hydrogens is 357 g/mol. The van der Waals surface area contributed by atoms with E-state index in [9.17, 15) is 9.50 Å². The minimum absolute atomic E-state index is 0.351. The minimum Gasteiger partial charge on any atom is -0.497 e. The second kappa shape index (κ2) is 7.94. The first-order chi connectivity index (χ1) is 13.6. The van der Waals surface area contributed by atoms with Gasteiger partial charge in [0.25, 0.3) is 0 Å². The average molecular weight is 383 g/mol. The van der Waals surface area contributed by atoms with E-state index in [0.29, 0.717) is 12.8 Å². The standard InChI is InChI=1S/C23H26FNO3/c1-15-3-8-21-17(10-16-4-6-19(27-2)7-5-16)14-25(22(21)9-15)23-12-18(26)11-20(13-24)28-23/h3-9,14,18,20,23,26H,10-13H2,1-2H3/t18-,20-,23?/m0/s1. The fourth-order valence-electron chi connectivity index (χ4n) is 4.02. The number of hydrogen-bond donors (Lipinski definition) is 1. The van der Waals surface area contributed by atoms with Gasteiger partial charge in [0.05, 0.1) is 24.8 Å². The van der Waals surface area contributed by atoms with Gasteiger partial charge < -0.3 is 19.1 Å². The first-order valence-electron chi connectivity index (χ1n) is 9.70. The van der Waals surface area contributed by atoms with Crippen LogP contribution < -0.4 is 4.74 Å². The van der Waals surface area contributed by atoms with Crippen molar-refractivity contribution in [3.05, 3.63) is 65.4 Å². The summed E-state index contributed by atoms with van der Waals surface area (Å²) < 4.78 is 26.5. The predicted molar refractivity (Wildman–Crippen MR) is 108 cm³/mol. The van der Waals surface area contributed by atoms with Crippen LogP contribution in [-0.4, -0.2) is 35.7 Å². The van der Waals surface area contributed by atoms with Gasteiger partial charge in [0, 0.05) is 24.4 Å². The number of alkyl halides is 1. The molecule has 1 aromatic heterocycles. The summed E-state index contributed by atoms with van der Waals surface area (Å²) in [5.41, 5.74) is 4.58. The van der Waals surface area contributed by atoms with Crippen LogP contribution in [0.3, 0.4) is 0 Å². The van der Waals surface area contributed by atoms with Crippen molar-refractivity contribution in [2.24, 2.45) is 0 Å². The number of aromatic nitrogens is 1. The maximum absolute atomic E-state index is 13.2. The summed E-state index contributed by atoms with van der Waals surface area (Å²) in [6.07, 6.45) is 2.22. The Kier molecular flexibility index (Phi) is 5.38. The molecule has 148 valence electrons. The largest absolute Gasteiger partial charge is 0.497 e. The molecule has 0 bridgehead atoms. The predicted octanol–water partition coefficient (Wildman–Crippen LogP) is 4.56. The molecule has 4 nitrogen and oxygen atoms in total. The molecule has 3 aromatic rings. The molecule has 28 heavy (non-hydrogen) atoms. The molecule has 0 aliphatic carbocycles. The molecule has 0 radical (unpaired) electrons. The highest BCUT2D eigenvalue weighted by Crippen LogP contribution is 2.34. The molecule has 5 heteroatoms. The Morgan fingerprint density at radius 3 is 2.68 bits per heavy atom. The van der Waals surface area contributed by atoms with Gasteiger partial charge in [-0.15, -0.1) is 0 Å². The van der Waals surface area contributed by atoms with E-state index in [1.807, 2.05) is 12.1 Å². The van der Waals surface area contributed by atoms with E-state index in [2.05, 4.69) is 48.0 Å². The van der Waals surface area contributed by atoms with Crippen molar-refractivity contribution in [1.82, 2.24) is 4.57 Å². The molecule has 1 saturated heterocycles. The van der Waals surface area contributed by atoms with Gasteiger partial charge in [-0.25, -0.2) is 4.39 Å². The second-order valence-corrected chi connectivity index (χ2v) is 7.60. The van der Waals surface area contributed by atoms with Crippen LogP contribution in [0.15, 0.2) is 48.7 Å². The number of methoxy groups -OCH3 is 1. The molecule has 2 heterocycles. The molecule has 2 aromatic carbocycles. The quantitative estimate of drug-likeness (QED) is 0.703. The molecule has 1 N–H and O–H groups in total. The highest BCUT2D eigenvalue weighted by Gasteiger charge is 2.30. The van der Waals surface area contributed by atoms with E-state index >= 15 is 0 Å². The van der Waals surface area contributed by atoms with Crippen LogP contribution in [0.1, 0.15) is 35.8 Å². The van der Waals surface area contributed by atoms with Crippen molar-refractivity contribution >= 4 is 10.9 Å². The smallest absolute Gasteiger partial charge is 0.136 e. The number of rotatable bonds is 5. The third-order valence-electron chi connectivity index (χ3n) is 5.47. The Hall–Kier alpha value is -2.37. The summed E-state index contributed by atoms with van der Waals surface area (Å²) in [6, 6.07) is 14.4. The van der Waals surface area contributed by atoms with Gasteiger partial charge in [0.15, 0.2) is 0 Å². The monoisotopic (exact) mass is 383 g/mol. The number of aliphatic hydroxyl groups is 1. The Morgan fingerprint density at radius 1 is 1.18 bits per heavy atom. The van der Waals surface area contributed by atoms with E-state index in [4.69, 9.17) is 9.47 Å². The van der Waals surface area contributed by atoms with Gasteiger partial charge in [-0.1, -0.05) is 24.3 Å². The number of nitrogens with zero attached hydrogens (tertiary/aromatic N) is 1. The second-order valence-electron chi connectivity index (χ2n) is 7.60. The topological polar surface area (TPSA) is 43.6 Å². The van der Waals surface area contributed by atoms with Crippen LogP contribution in [-0.2, 0) is 11.2 Å². The molecule has 1 fully saturated rings. The first kappa shape index (κ1) is 19.0. The fourth-order valence-corrected chi connectivity index (χ4v) is 4.02. The van der Waals surface area contributed by atoms with Gasteiger partial charge >= 0.3 is 0 Å². The number of ether oxygens (including phenoxy) is 2. The summed E-state index contributed by atoms with van der Waals surface area (Å²) in [6.45, 7) is 1.48. The lowest BCUT2D eigenvalue weighted by Crippen LogP contribution is -2.34. The van der Waals surface area contributed by atoms with E-state index in [1.165, 1.54) is 11.1 Å². The highest BCUT2D eigenvalue weighted by molar-refractivity contribution is 5.85. The summed E-state index contributed by atoms with van der Waals surface area (Å²) in [7, 11) is 1.66. The van der Waals surface area contributed by atoms with E-state index < -0.39 is 18.9 Å². The normalized spacial score (nSPS) is 22.5. The van der Waals surface area contributed by atoms with Gasteiger partial charge in [0.2, 0.25) is 0 Å². The molecular formula is C23H26FNO3. The third-order valence-corrected chi connectivity index (χ3v) is 5.47. The van der Waals surface area contributed by atoms with Crippen molar-refractivity contribution in [2.45, 2.75) is 44.6 Å². The maximum atomic E-state index is 13.2. The van der Waals surface area contributed by atoms with Crippen molar-refractivity contribution < 1.29 is 19.0 Å². The average Bonchev–Trinajstić information content (AvgIpc) is 3.05. The van der Waals surface area contributed by atoms with Crippen LogP contribution in [0.4, 0.5) is 4.39 Å². The van der Waals surface area contributed by atoms with Crippen LogP contribution in [0.2, 0.25) is 0 Å². The Balaban J connectivity index is 1.71. The molecule has 0 spiro atoms. The lowest BCUT2D eigenvalue weighted by atomic mass is 10.0. The molecule has 1 aliphatic rings. The maximum Gasteiger partial charge on any atom is 0.136 e. The number of benzene rings is 2. The van der Waals surface area contributed by atoms with Crippen molar-refractivity contribution in [3.8, 4) is 5.75 Å². The van der Waals surface area contributed by atoms with Gasteiger partial charge in [-0.3, -0.25) is 0 Å². The molecule has 3 atom stereocenters. The minimum atomic E-state index is -0.579. The zero-order valence-corrected chi connectivity index (χ0v) is 16.3. The lowest BCUT2D eigenvalue weighted by molar-refractivity contribution is -0.132. The Morgan fingerprint density at radius 2 is 1.96 bits per heavy atom. The van der Waals surface area contributed by atoms with Crippen LogP contribution in [0.25, 0.3) is 10.9 Å². The summed E-state index contributed by atoms with van der Waals surface area (Å²) >= 11 is 0. The molecule has 1 aliphatic heterocycles. The summed E-state index contributed by atoms with van der Waals surface area (Å²) in [4.78, 5) is 0. The highest BCUT2D eigenvalue weighted by atomic mass is 19.1. The van der Waals surface area contributed by atoms with Crippen LogP contribution in [0, 0.1) is 6.92 Å². The van der Waals surface area contributed by atoms with Crippen LogP contribution >= 0.6 is 0 Å². The molecule has 0 saturated carbocycles. The van der Waals surface area contributed by atoms with Crippen molar-refractivity contribution in [3.63, 3.8) is 0 Å². The van der Waals surface area contributed by atoms with E-state index in [1.54, 1.807) is 7.11 Å². The zero-order valence-electron chi connectivity index (χ0n) is 16.3. The Bertz CT molecular complexity index is 950. The Labute approximate surface area is 164 Å². The molecule has 0 amide bonds. The number of halogens is 1. The third kappa shape index (κ3) is 3.77. The molecule has 4 rings (SSSR count). The van der Waals surface area contributed by atoms with Gasteiger partial charge in [-0.05, 0) is 48.2 Å². The summed E-state index contributed by atoms with van der Waals surface area (Å²) in [5.74, 6) is 0.837. The van der Waals surface area contributed by atoms with Gasteiger partial charge in [-0.2, -0.15) is 0 Å². The van der Waals surface area contributed by atoms with Gasteiger partial charge in [0.1, 0.15) is 18.7 Å². The van der Waals surface area contributed by atoms with Crippen molar-refractivity contribution in [2.75, 3.05) is 13.8 Å². The zero-order chi connectivity index (χ0) is 19.7. The lowest BCUT2D eigenvalue weighted by Gasteiger charge is -2.33. The number of aliphatic hydroxyl groups excluding tert-OH is 1. The summed E-state index contributed by atoms with van der Waals surface area (Å²) in [5, 5.41) is 11.3. The van der Waals surface area contributed by atoms with Crippen LogP contribution in [0.5, 0.6) is 5.75 Å². The first-order valence-corrected chi connectivity index (χ1v) is 9.70. The van der Waals surface area contributed by atoms with E-state index in [-0.39, 0.29) is 6.23 Å². The number of fused-ring (bicyclic) bond motifs is 1. The number of aryl methyl sites for hydroxylation is 1. The van der Waals surface area contributed by atoms with Crippen molar-refractivity contribution in [1.29, 1.82) is 0 Å². The molecule has 1 unspecified atom stereocenters. The number of hydrogen-bond acceptors (Lipinski definition) is 3. The SMILES string of the molecule is COc1ccc(Cc2cn(C3C[C@@H](O)C[C@@H](CF)O3)c3cc(C)ccc23)cc1.